The molecule has 1 N–H and O–H groups in total. The molecule has 2 amide bonds. The topological polar surface area (TPSA) is 86.4 Å². The second-order valence-corrected chi connectivity index (χ2v) is 8.59. The zero-order chi connectivity index (χ0) is 24.5. The summed E-state index contributed by atoms with van der Waals surface area (Å²) < 4.78 is 13.3. The van der Waals surface area contributed by atoms with E-state index in [1.807, 2.05) is 25.1 Å². The van der Waals surface area contributed by atoms with Gasteiger partial charge in [0.05, 0.1) is 16.8 Å². The van der Waals surface area contributed by atoms with Gasteiger partial charge in [-0.3, -0.25) is 19.4 Å². The number of ketones is 1. The van der Waals surface area contributed by atoms with Crippen LogP contribution in [0.4, 0.5) is 4.39 Å². The third kappa shape index (κ3) is 4.19. The summed E-state index contributed by atoms with van der Waals surface area (Å²) in [5.74, 6) is -1.67. The van der Waals surface area contributed by atoms with Crippen LogP contribution in [0.3, 0.4) is 0 Å². The van der Waals surface area contributed by atoms with Gasteiger partial charge >= 0.3 is 0 Å². The maximum absolute atomic E-state index is 13.3. The molecule has 0 spiro atoms. The van der Waals surface area contributed by atoms with Crippen LogP contribution in [0, 0.1) is 5.82 Å². The van der Waals surface area contributed by atoms with Crippen molar-refractivity contribution in [2.75, 3.05) is 19.6 Å². The van der Waals surface area contributed by atoms with Gasteiger partial charge in [0.15, 0.2) is 0 Å². The number of benzene rings is 2. The van der Waals surface area contributed by atoms with Crippen molar-refractivity contribution in [3.8, 4) is 11.3 Å². The zero-order valence-corrected chi connectivity index (χ0v) is 19.1. The lowest BCUT2D eigenvalue weighted by molar-refractivity contribution is -0.130. The Balaban J connectivity index is 1.35. The normalized spacial score (nSPS) is 15.9. The number of halogens is 1. The highest BCUT2D eigenvalue weighted by Gasteiger charge is 2.34. The molecule has 0 radical (unpaired) electrons. The molecule has 2 aromatic carbocycles. The van der Waals surface area contributed by atoms with Crippen molar-refractivity contribution in [3.63, 3.8) is 0 Å². The van der Waals surface area contributed by atoms with E-state index in [0.29, 0.717) is 40.8 Å². The molecule has 1 fully saturated rings. The predicted octanol–water partition coefficient (Wildman–Crippen LogP) is 3.92. The molecule has 0 saturated carbocycles. The molecule has 3 heterocycles. The van der Waals surface area contributed by atoms with Gasteiger partial charge in [-0.2, -0.15) is 0 Å². The summed E-state index contributed by atoms with van der Waals surface area (Å²) in [5.41, 5.74) is 2.71. The monoisotopic (exact) mass is 470 g/mol. The smallest absolute Gasteiger partial charge is 0.295 e. The maximum atomic E-state index is 13.3. The number of amides is 2. The quantitative estimate of drug-likeness (QED) is 0.362. The Bertz CT molecular complexity index is 1420. The van der Waals surface area contributed by atoms with Crippen LogP contribution in [-0.4, -0.2) is 63.0 Å². The Hall–Kier alpha value is -4.33. The van der Waals surface area contributed by atoms with E-state index in [0.717, 1.165) is 0 Å². The lowest BCUT2D eigenvalue weighted by atomic mass is 10.0. The van der Waals surface area contributed by atoms with Crippen molar-refractivity contribution >= 4 is 28.5 Å². The van der Waals surface area contributed by atoms with Gasteiger partial charge in [-0.05, 0) is 49.4 Å². The number of hydrogen-bond acceptors (Lipinski definition) is 4. The summed E-state index contributed by atoms with van der Waals surface area (Å²) >= 11 is 0. The number of carbonyl (C=O) groups is 3. The minimum atomic E-state index is -0.623. The van der Waals surface area contributed by atoms with Gasteiger partial charge in [-0.15, -0.1) is 0 Å². The minimum absolute atomic E-state index is 0.0895. The number of pyridine rings is 1. The Morgan fingerprint density at radius 1 is 1.00 bits per heavy atom. The fraction of sp³-hybridized carbons (Fsp3) is 0.185. The molecule has 0 unspecified atom stereocenters. The highest BCUT2D eigenvalue weighted by atomic mass is 19.1. The number of nitrogens with one attached hydrogen (secondary N) is 1. The van der Waals surface area contributed by atoms with Crippen LogP contribution in [0.5, 0.6) is 0 Å². The Morgan fingerprint density at radius 2 is 1.74 bits per heavy atom. The van der Waals surface area contributed by atoms with Crippen molar-refractivity contribution in [1.29, 1.82) is 0 Å². The van der Waals surface area contributed by atoms with E-state index in [9.17, 15) is 18.8 Å². The van der Waals surface area contributed by atoms with Crippen molar-refractivity contribution in [3.05, 3.63) is 90.0 Å². The molecule has 8 heteroatoms. The van der Waals surface area contributed by atoms with E-state index < -0.39 is 11.7 Å². The summed E-state index contributed by atoms with van der Waals surface area (Å²) in [6.45, 7) is 2.80. The molecule has 0 bridgehead atoms. The number of hydrogen-bond donors (Lipinski definition) is 1. The summed E-state index contributed by atoms with van der Waals surface area (Å²) in [5, 5.41) is 0.572. The Morgan fingerprint density at radius 3 is 2.46 bits per heavy atom. The van der Waals surface area contributed by atoms with Crippen molar-refractivity contribution in [2.24, 2.45) is 0 Å². The second-order valence-electron chi connectivity index (χ2n) is 8.59. The number of piperazine rings is 1. The zero-order valence-electron chi connectivity index (χ0n) is 19.1. The van der Waals surface area contributed by atoms with Crippen LogP contribution in [0.15, 0.2) is 73.1 Å². The van der Waals surface area contributed by atoms with Crippen LogP contribution in [0.25, 0.3) is 22.2 Å². The van der Waals surface area contributed by atoms with E-state index in [-0.39, 0.29) is 29.9 Å². The van der Waals surface area contributed by atoms with Crippen LogP contribution in [-0.2, 0) is 4.79 Å². The summed E-state index contributed by atoms with van der Waals surface area (Å²) in [7, 11) is 0. The summed E-state index contributed by atoms with van der Waals surface area (Å²) in [6, 6.07) is 16.3. The third-order valence-corrected chi connectivity index (χ3v) is 6.35. The van der Waals surface area contributed by atoms with Gasteiger partial charge in [-0.25, -0.2) is 4.39 Å². The van der Waals surface area contributed by atoms with E-state index in [1.54, 1.807) is 41.4 Å². The minimum Gasteiger partial charge on any atom is -0.359 e. The second kappa shape index (κ2) is 9.13. The Labute approximate surface area is 201 Å². The number of aromatic nitrogens is 2. The average Bonchev–Trinajstić information content (AvgIpc) is 3.33. The number of H-pyrrole nitrogens is 1. The first kappa shape index (κ1) is 22.5. The largest absolute Gasteiger partial charge is 0.359 e. The van der Waals surface area contributed by atoms with E-state index in [1.165, 1.54) is 23.2 Å². The molecule has 4 aromatic rings. The van der Waals surface area contributed by atoms with Crippen molar-refractivity contribution in [1.82, 2.24) is 19.8 Å². The highest BCUT2D eigenvalue weighted by Crippen LogP contribution is 2.28. The van der Waals surface area contributed by atoms with Gasteiger partial charge in [0.25, 0.3) is 17.6 Å². The van der Waals surface area contributed by atoms with Gasteiger partial charge in [-0.1, -0.05) is 18.2 Å². The van der Waals surface area contributed by atoms with E-state index in [2.05, 4.69) is 9.97 Å². The fourth-order valence-corrected chi connectivity index (χ4v) is 4.52. The number of Topliss-reactive ketones (excluding diaryl/α,β-unsaturated/α-hetero) is 1. The molecule has 7 nitrogen and oxygen atoms in total. The molecule has 1 aliphatic rings. The van der Waals surface area contributed by atoms with Gasteiger partial charge in [0.2, 0.25) is 0 Å². The van der Waals surface area contributed by atoms with Gasteiger partial charge in [0.1, 0.15) is 5.82 Å². The number of carbonyl (C=O) groups excluding carboxylic acids is 3. The Kier molecular flexibility index (Phi) is 5.86. The van der Waals surface area contributed by atoms with Crippen molar-refractivity contribution < 1.29 is 18.8 Å². The number of nitrogens with zero attached hydrogens (tertiary/aromatic N) is 3. The molecule has 176 valence electrons. The van der Waals surface area contributed by atoms with E-state index >= 15 is 0 Å². The predicted molar refractivity (Wildman–Crippen MR) is 129 cm³/mol. The average molecular weight is 471 g/mol. The molecule has 1 aliphatic heterocycles. The van der Waals surface area contributed by atoms with Gasteiger partial charge in [0, 0.05) is 54.6 Å². The SMILES string of the molecule is C[C@@H]1CN(C(=O)c2ccccc2)CCN1C(=O)C(=O)c1c[nH]c2c(-c3ccc(F)cc3)nccc12. The van der Waals surface area contributed by atoms with Crippen LogP contribution in [0.1, 0.15) is 27.6 Å². The fourth-order valence-electron chi connectivity index (χ4n) is 4.52. The molecule has 1 saturated heterocycles. The first-order valence-electron chi connectivity index (χ1n) is 11.4. The molecule has 5 rings (SSSR count). The number of aromatic amines is 1. The summed E-state index contributed by atoms with van der Waals surface area (Å²) in [4.78, 5) is 49.9. The number of fused-ring (bicyclic) bond motifs is 1. The molecule has 35 heavy (non-hydrogen) atoms. The standard InChI is InChI=1S/C27H23FN4O3/c1-17-16-31(26(34)19-5-3-2-4-6-19)13-14-32(17)27(35)25(33)22-15-30-24-21(22)11-12-29-23(24)18-7-9-20(28)10-8-18/h2-12,15,17,30H,13-14,16H2,1H3/t17-/m1/s1. The van der Waals surface area contributed by atoms with Crippen molar-refractivity contribution in [2.45, 2.75) is 13.0 Å². The van der Waals surface area contributed by atoms with E-state index in [4.69, 9.17) is 0 Å². The molecule has 2 aromatic heterocycles. The molecular weight excluding hydrogens is 447 g/mol. The molecule has 0 aliphatic carbocycles. The molecular formula is C27H23FN4O3. The van der Waals surface area contributed by atoms with Crippen LogP contribution < -0.4 is 0 Å². The summed E-state index contributed by atoms with van der Waals surface area (Å²) in [6.07, 6.45) is 3.08. The first-order valence-corrected chi connectivity index (χ1v) is 11.4. The lowest BCUT2D eigenvalue weighted by Gasteiger charge is -2.39. The van der Waals surface area contributed by atoms with Crippen LogP contribution in [0.2, 0.25) is 0 Å². The first-order chi connectivity index (χ1) is 16.9. The maximum Gasteiger partial charge on any atom is 0.295 e. The third-order valence-electron chi connectivity index (χ3n) is 6.35. The highest BCUT2D eigenvalue weighted by molar-refractivity contribution is 6.45. The lowest BCUT2D eigenvalue weighted by Crippen LogP contribution is -2.56. The van der Waals surface area contributed by atoms with Crippen LogP contribution >= 0.6 is 0 Å². The number of rotatable bonds is 4. The molecule has 1 atom stereocenters. The van der Waals surface area contributed by atoms with Gasteiger partial charge < -0.3 is 14.8 Å².